The number of hydrogen-bond donors (Lipinski definition) is 0. The van der Waals surface area contributed by atoms with Crippen LogP contribution in [0.2, 0.25) is 5.02 Å². The normalized spacial score (nSPS) is 16.6. The average molecular weight is 489 g/mol. The van der Waals surface area contributed by atoms with Gasteiger partial charge in [-0.15, -0.1) is 0 Å². The standard InChI is InChI=1S/C24H25ClN2O5S/c1-3-32-24(28)16-5-4-12-27(15-16)23-20-13-18(31-2)8-11-21(20)26-14-22(23)33(29,30)19-9-6-17(25)7-10-19/h6-11,13-14,16H,3-5,12,15H2,1-2H3/t16-/m1/s1. The number of rotatable bonds is 6. The van der Waals surface area contributed by atoms with E-state index in [4.69, 9.17) is 21.1 Å². The van der Waals surface area contributed by atoms with E-state index >= 15 is 0 Å². The van der Waals surface area contributed by atoms with Crippen molar-refractivity contribution < 1.29 is 22.7 Å². The number of pyridine rings is 1. The molecule has 0 N–H and O–H groups in total. The predicted molar refractivity (Wildman–Crippen MR) is 127 cm³/mol. The minimum atomic E-state index is -3.91. The molecule has 9 heteroatoms. The van der Waals surface area contributed by atoms with Gasteiger partial charge in [0.05, 0.1) is 35.7 Å². The Morgan fingerprint density at radius 1 is 1.21 bits per heavy atom. The highest BCUT2D eigenvalue weighted by atomic mass is 35.5. The Bertz CT molecular complexity index is 1280. The van der Waals surface area contributed by atoms with Crippen molar-refractivity contribution in [1.29, 1.82) is 0 Å². The number of esters is 1. The quantitative estimate of drug-likeness (QED) is 0.472. The number of ether oxygens (including phenoxy) is 2. The lowest BCUT2D eigenvalue weighted by atomic mass is 9.97. The van der Waals surface area contributed by atoms with Crippen LogP contribution in [0.4, 0.5) is 5.69 Å². The monoisotopic (exact) mass is 488 g/mol. The van der Waals surface area contributed by atoms with Gasteiger partial charge in [0.15, 0.2) is 0 Å². The fourth-order valence-electron chi connectivity index (χ4n) is 4.16. The number of fused-ring (bicyclic) bond motifs is 1. The van der Waals surface area contributed by atoms with Crippen LogP contribution in [0.5, 0.6) is 5.75 Å². The molecule has 4 rings (SSSR count). The topological polar surface area (TPSA) is 85.8 Å². The summed E-state index contributed by atoms with van der Waals surface area (Å²) in [5, 5.41) is 1.10. The van der Waals surface area contributed by atoms with Gasteiger partial charge in [0.1, 0.15) is 10.6 Å². The predicted octanol–water partition coefficient (Wildman–Crippen LogP) is 4.51. The van der Waals surface area contributed by atoms with Gasteiger partial charge in [0, 0.05) is 29.7 Å². The second-order valence-electron chi connectivity index (χ2n) is 7.85. The molecule has 0 aliphatic carbocycles. The summed E-state index contributed by atoms with van der Waals surface area (Å²) in [6.07, 6.45) is 2.82. The third-order valence-corrected chi connectivity index (χ3v) is 7.81. The van der Waals surface area contributed by atoms with Crippen molar-refractivity contribution >= 4 is 44.0 Å². The molecule has 1 aromatic heterocycles. The molecule has 2 aromatic carbocycles. The number of nitrogens with zero attached hydrogens (tertiary/aromatic N) is 2. The average Bonchev–Trinajstić information content (AvgIpc) is 2.83. The van der Waals surface area contributed by atoms with E-state index in [2.05, 4.69) is 4.98 Å². The molecule has 3 aromatic rings. The summed E-state index contributed by atoms with van der Waals surface area (Å²) < 4.78 is 38.0. The summed E-state index contributed by atoms with van der Waals surface area (Å²) in [6, 6.07) is 11.4. The van der Waals surface area contributed by atoms with Gasteiger partial charge in [-0.3, -0.25) is 9.78 Å². The molecule has 1 aliphatic heterocycles. The van der Waals surface area contributed by atoms with Crippen LogP contribution in [0, 0.1) is 5.92 Å². The summed E-state index contributed by atoms with van der Waals surface area (Å²) in [5.74, 6) is -0.00981. The van der Waals surface area contributed by atoms with Gasteiger partial charge in [-0.2, -0.15) is 0 Å². The maximum atomic E-state index is 13.7. The Kier molecular flexibility index (Phi) is 6.76. The minimum absolute atomic E-state index is 0.0788. The Morgan fingerprint density at radius 2 is 1.97 bits per heavy atom. The van der Waals surface area contributed by atoms with E-state index in [1.165, 1.54) is 18.3 Å². The second-order valence-corrected chi connectivity index (χ2v) is 10.2. The molecule has 7 nitrogen and oxygen atoms in total. The van der Waals surface area contributed by atoms with Gasteiger partial charge >= 0.3 is 5.97 Å². The van der Waals surface area contributed by atoms with Gasteiger partial charge in [-0.25, -0.2) is 8.42 Å². The molecule has 0 amide bonds. The lowest BCUT2D eigenvalue weighted by Crippen LogP contribution is -2.40. The number of aromatic nitrogens is 1. The molecule has 174 valence electrons. The number of carbonyl (C=O) groups excluding carboxylic acids is 1. The molecule has 0 unspecified atom stereocenters. The van der Waals surface area contributed by atoms with Gasteiger partial charge in [-0.1, -0.05) is 11.6 Å². The van der Waals surface area contributed by atoms with Crippen LogP contribution in [-0.2, 0) is 19.4 Å². The first-order valence-corrected chi connectivity index (χ1v) is 12.6. The molecule has 0 spiro atoms. The molecule has 0 saturated carbocycles. The van der Waals surface area contributed by atoms with E-state index in [9.17, 15) is 13.2 Å². The van der Waals surface area contributed by atoms with Crippen molar-refractivity contribution in [3.63, 3.8) is 0 Å². The Balaban J connectivity index is 1.90. The summed E-state index contributed by atoms with van der Waals surface area (Å²) in [6.45, 7) is 3.05. The van der Waals surface area contributed by atoms with E-state index in [0.29, 0.717) is 53.5 Å². The van der Waals surface area contributed by atoms with Crippen LogP contribution in [0.15, 0.2) is 58.5 Å². The smallest absolute Gasteiger partial charge is 0.310 e. The van der Waals surface area contributed by atoms with E-state index < -0.39 is 9.84 Å². The van der Waals surface area contributed by atoms with Crippen LogP contribution >= 0.6 is 11.6 Å². The maximum Gasteiger partial charge on any atom is 0.310 e. The first-order valence-electron chi connectivity index (χ1n) is 10.7. The Labute approximate surface area is 198 Å². The van der Waals surface area contributed by atoms with Crippen molar-refractivity contribution in [2.45, 2.75) is 29.6 Å². The number of methoxy groups -OCH3 is 1. The van der Waals surface area contributed by atoms with Crippen molar-refractivity contribution in [3.05, 3.63) is 53.7 Å². The van der Waals surface area contributed by atoms with Crippen LogP contribution in [-0.4, -0.2) is 46.2 Å². The molecule has 2 heterocycles. The van der Waals surface area contributed by atoms with Gasteiger partial charge in [-0.05, 0) is 62.2 Å². The van der Waals surface area contributed by atoms with Crippen molar-refractivity contribution in [3.8, 4) is 5.75 Å². The number of sulfone groups is 1. The van der Waals surface area contributed by atoms with E-state index in [-0.39, 0.29) is 21.7 Å². The fourth-order valence-corrected chi connectivity index (χ4v) is 5.72. The minimum Gasteiger partial charge on any atom is -0.497 e. The molecular formula is C24H25ClN2O5S. The lowest BCUT2D eigenvalue weighted by molar-refractivity contribution is -0.148. The molecule has 1 atom stereocenters. The number of halogens is 1. The molecule has 1 aliphatic rings. The third kappa shape index (κ3) is 4.63. The number of benzene rings is 2. The highest BCUT2D eigenvalue weighted by Gasteiger charge is 2.32. The molecule has 1 fully saturated rings. The fraction of sp³-hybridized carbons (Fsp3) is 0.333. The number of hydrogen-bond acceptors (Lipinski definition) is 7. The van der Waals surface area contributed by atoms with Crippen molar-refractivity contribution in [2.24, 2.45) is 5.92 Å². The van der Waals surface area contributed by atoms with Crippen LogP contribution in [0.25, 0.3) is 10.9 Å². The Hall–Kier alpha value is -2.84. The van der Waals surface area contributed by atoms with E-state index in [0.717, 1.165) is 6.42 Å². The molecule has 0 bridgehead atoms. The van der Waals surface area contributed by atoms with E-state index in [1.807, 2.05) is 4.90 Å². The third-order valence-electron chi connectivity index (χ3n) is 5.78. The lowest BCUT2D eigenvalue weighted by Gasteiger charge is -2.35. The zero-order valence-corrected chi connectivity index (χ0v) is 20.0. The molecule has 33 heavy (non-hydrogen) atoms. The number of anilines is 1. The summed E-state index contributed by atoms with van der Waals surface area (Å²) >= 11 is 5.97. The summed E-state index contributed by atoms with van der Waals surface area (Å²) in [4.78, 5) is 19.0. The highest BCUT2D eigenvalue weighted by Crippen LogP contribution is 2.39. The van der Waals surface area contributed by atoms with E-state index in [1.54, 1.807) is 44.4 Å². The SMILES string of the molecule is CCOC(=O)[C@@H]1CCCN(c2c(S(=O)(=O)c3ccc(Cl)cc3)cnc3ccc(OC)cc23)C1. The Morgan fingerprint density at radius 3 is 2.67 bits per heavy atom. The largest absolute Gasteiger partial charge is 0.497 e. The van der Waals surface area contributed by atoms with Crippen molar-refractivity contribution in [2.75, 3.05) is 31.7 Å². The molecular weight excluding hydrogens is 464 g/mol. The van der Waals surface area contributed by atoms with Gasteiger partial charge in [0.25, 0.3) is 0 Å². The highest BCUT2D eigenvalue weighted by molar-refractivity contribution is 7.91. The maximum absolute atomic E-state index is 13.7. The van der Waals surface area contributed by atoms with Crippen LogP contribution in [0.1, 0.15) is 19.8 Å². The van der Waals surface area contributed by atoms with Gasteiger partial charge in [0.2, 0.25) is 9.84 Å². The van der Waals surface area contributed by atoms with Crippen LogP contribution in [0.3, 0.4) is 0 Å². The summed E-state index contributed by atoms with van der Waals surface area (Å²) in [5.41, 5.74) is 1.15. The van der Waals surface area contributed by atoms with Gasteiger partial charge < -0.3 is 14.4 Å². The zero-order valence-electron chi connectivity index (χ0n) is 18.5. The molecule has 0 radical (unpaired) electrons. The number of carbonyl (C=O) groups is 1. The number of piperidine rings is 1. The zero-order chi connectivity index (χ0) is 23.6. The molecule has 1 saturated heterocycles. The van der Waals surface area contributed by atoms with Crippen molar-refractivity contribution in [1.82, 2.24) is 4.98 Å². The van der Waals surface area contributed by atoms with Crippen LogP contribution < -0.4 is 9.64 Å². The summed E-state index contributed by atoms with van der Waals surface area (Å²) in [7, 11) is -2.36. The first-order chi connectivity index (χ1) is 15.8. The second kappa shape index (κ2) is 9.57. The first kappa shape index (κ1) is 23.3.